The highest BCUT2D eigenvalue weighted by atomic mass is 32.1. The molecule has 0 radical (unpaired) electrons. The van der Waals surface area contributed by atoms with Crippen molar-refractivity contribution in [2.75, 3.05) is 10.3 Å². The lowest BCUT2D eigenvalue weighted by Gasteiger charge is -2.13. The maximum absolute atomic E-state index is 13.5. The molecule has 0 saturated heterocycles. The van der Waals surface area contributed by atoms with E-state index in [0.717, 1.165) is 28.2 Å². The second kappa shape index (κ2) is 9.59. The fourth-order valence-electron chi connectivity index (χ4n) is 3.86. The maximum atomic E-state index is 13.5. The minimum atomic E-state index is -1.72. The normalized spacial score (nSPS) is 14.8. The fraction of sp³-hybridized carbons (Fsp3) is 0.0417. The van der Waals surface area contributed by atoms with E-state index in [9.17, 15) is 34.6 Å². The second-order valence-corrected chi connectivity index (χ2v) is 8.96. The Bertz CT molecular complexity index is 1650. The molecule has 2 heterocycles. The summed E-state index contributed by atoms with van der Waals surface area (Å²) in [7, 11) is 0. The number of thiazole rings is 1. The summed E-state index contributed by atoms with van der Waals surface area (Å²) in [5.74, 6) is -5.01. The van der Waals surface area contributed by atoms with E-state index in [2.05, 4.69) is 15.4 Å². The average Bonchev–Trinajstić information content (AvgIpc) is 3.48. The minimum Gasteiger partial charge on any atom is -0.295 e. The molecule has 0 aliphatic carbocycles. The Morgan fingerprint density at radius 2 is 1.66 bits per heavy atom. The van der Waals surface area contributed by atoms with Crippen LogP contribution < -0.4 is 10.3 Å². The molecule has 0 saturated carbocycles. The topological polar surface area (TPSA) is 178 Å². The second-order valence-electron chi connectivity index (χ2n) is 7.93. The van der Waals surface area contributed by atoms with Crippen molar-refractivity contribution in [3.05, 3.63) is 98.6 Å². The highest BCUT2D eigenvalue weighted by molar-refractivity contribution is 7.22. The molecule has 5 rings (SSSR count). The summed E-state index contributed by atoms with van der Waals surface area (Å²) >= 11 is 1.14. The predicted molar refractivity (Wildman–Crippen MR) is 137 cm³/mol. The van der Waals surface area contributed by atoms with Crippen molar-refractivity contribution in [3.8, 4) is 0 Å². The average molecular weight is 530 g/mol. The van der Waals surface area contributed by atoms with E-state index in [-0.39, 0.29) is 16.5 Å². The van der Waals surface area contributed by atoms with Gasteiger partial charge in [-0.3, -0.25) is 39.9 Å². The molecule has 38 heavy (non-hydrogen) atoms. The van der Waals surface area contributed by atoms with E-state index in [1.807, 2.05) is 0 Å². The number of carbonyl (C=O) groups excluding carboxylic acids is 3. The molecule has 1 N–H and O–H groups in total. The maximum Gasteiger partial charge on any atom is 0.301 e. The molecule has 3 aromatic carbocycles. The smallest absolute Gasteiger partial charge is 0.295 e. The number of ketones is 1. The highest BCUT2D eigenvalue weighted by Gasteiger charge is 2.46. The van der Waals surface area contributed by atoms with Crippen molar-refractivity contribution in [1.82, 2.24) is 4.98 Å². The number of hydrogen-bond acceptors (Lipinski definition) is 10. The zero-order valence-corrected chi connectivity index (χ0v) is 19.8. The lowest BCUT2D eigenvalue weighted by Crippen LogP contribution is -2.39. The number of nitro groups is 2. The van der Waals surface area contributed by atoms with Gasteiger partial charge in [-0.05, 0) is 23.8 Å². The van der Waals surface area contributed by atoms with Crippen LogP contribution in [0.4, 0.5) is 22.2 Å². The van der Waals surface area contributed by atoms with Gasteiger partial charge in [-0.1, -0.05) is 53.8 Å². The number of nitrogens with one attached hydrogen (secondary N) is 1. The molecule has 2 amide bonds. The van der Waals surface area contributed by atoms with E-state index in [0.29, 0.717) is 22.2 Å². The number of amides is 2. The summed E-state index contributed by atoms with van der Waals surface area (Å²) in [5.41, 5.74) is -0.883. The molecule has 1 unspecified atom stereocenters. The Morgan fingerprint density at radius 1 is 0.947 bits per heavy atom. The van der Waals surface area contributed by atoms with Crippen LogP contribution in [0.25, 0.3) is 10.2 Å². The lowest BCUT2D eigenvalue weighted by molar-refractivity contribution is -0.393. The largest absolute Gasteiger partial charge is 0.301 e. The van der Waals surface area contributed by atoms with Crippen molar-refractivity contribution in [1.29, 1.82) is 0 Å². The van der Waals surface area contributed by atoms with Gasteiger partial charge in [0, 0.05) is 6.07 Å². The van der Waals surface area contributed by atoms with Crippen molar-refractivity contribution in [3.63, 3.8) is 0 Å². The van der Waals surface area contributed by atoms with Crippen LogP contribution in [-0.2, 0) is 14.4 Å². The van der Waals surface area contributed by atoms with Crippen LogP contribution in [0.2, 0.25) is 0 Å². The molecule has 0 fully saturated rings. The minimum absolute atomic E-state index is 0.104. The zero-order chi connectivity index (χ0) is 27.0. The first-order valence-corrected chi connectivity index (χ1v) is 11.7. The Labute approximate surface area is 216 Å². The summed E-state index contributed by atoms with van der Waals surface area (Å²) in [5, 5.41) is 30.1. The Balaban J connectivity index is 1.52. The Kier molecular flexibility index (Phi) is 6.14. The number of hydrazone groups is 1. The van der Waals surface area contributed by atoms with E-state index < -0.39 is 44.7 Å². The summed E-state index contributed by atoms with van der Waals surface area (Å²) in [6, 6.07) is 17.8. The third-order valence-corrected chi connectivity index (χ3v) is 6.55. The van der Waals surface area contributed by atoms with Gasteiger partial charge in [0.05, 0.1) is 31.8 Å². The molecule has 4 aromatic rings. The number of para-hydroxylation sites is 1. The van der Waals surface area contributed by atoms with Gasteiger partial charge in [0.15, 0.2) is 11.0 Å². The summed E-state index contributed by atoms with van der Waals surface area (Å²) in [4.78, 5) is 65.0. The van der Waals surface area contributed by atoms with Crippen molar-refractivity contribution < 1.29 is 24.2 Å². The summed E-state index contributed by atoms with van der Waals surface area (Å²) in [6.07, 6.45) is 0. The number of Topliss-reactive ketones (excluding diaryl/α,β-unsaturated/α-hetero) is 1. The van der Waals surface area contributed by atoms with Crippen LogP contribution >= 0.6 is 11.3 Å². The van der Waals surface area contributed by atoms with E-state index >= 15 is 0 Å². The van der Waals surface area contributed by atoms with E-state index in [1.165, 1.54) is 0 Å². The van der Waals surface area contributed by atoms with Gasteiger partial charge in [0.2, 0.25) is 5.78 Å². The lowest BCUT2D eigenvalue weighted by atomic mass is 9.92. The van der Waals surface area contributed by atoms with Crippen molar-refractivity contribution in [2.24, 2.45) is 11.0 Å². The molecular formula is C24H14N6O7S. The fourth-order valence-corrected chi connectivity index (χ4v) is 4.72. The highest BCUT2D eigenvalue weighted by Crippen LogP contribution is 2.36. The van der Waals surface area contributed by atoms with Gasteiger partial charge in [-0.2, -0.15) is 10.1 Å². The van der Waals surface area contributed by atoms with Crippen LogP contribution in [0, 0.1) is 26.1 Å². The van der Waals surface area contributed by atoms with E-state index in [4.69, 9.17) is 0 Å². The first-order valence-electron chi connectivity index (χ1n) is 10.9. The molecule has 1 aliphatic heterocycles. The van der Waals surface area contributed by atoms with Crippen LogP contribution in [0.1, 0.15) is 5.56 Å². The molecule has 188 valence electrons. The molecule has 0 spiro atoms. The SMILES string of the molecule is O=C(Nc1nc2ccccc2s1)C(=O)C1C(=O)N(c2ccc([N+](=O)[O-])cc2[N+](=O)[O-])N=C1c1ccccc1. The number of benzene rings is 3. The Hall–Kier alpha value is -5.37. The van der Waals surface area contributed by atoms with Crippen molar-refractivity contribution in [2.45, 2.75) is 0 Å². The summed E-state index contributed by atoms with van der Waals surface area (Å²) in [6.45, 7) is 0. The van der Waals surface area contributed by atoms with Gasteiger partial charge < -0.3 is 0 Å². The zero-order valence-electron chi connectivity index (χ0n) is 19.0. The third kappa shape index (κ3) is 4.35. The monoisotopic (exact) mass is 530 g/mol. The quantitative estimate of drug-likeness (QED) is 0.163. The summed E-state index contributed by atoms with van der Waals surface area (Å²) < 4.78 is 0.774. The molecule has 14 heteroatoms. The number of rotatable bonds is 7. The third-order valence-electron chi connectivity index (χ3n) is 5.60. The van der Waals surface area contributed by atoms with Gasteiger partial charge in [-0.15, -0.1) is 0 Å². The molecule has 13 nitrogen and oxygen atoms in total. The Morgan fingerprint density at radius 3 is 2.34 bits per heavy atom. The van der Waals surface area contributed by atoms with Crippen LogP contribution in [-0.4, -0.2) is 38.1 Å². The molecule has 0 bridgehead atoms. The van der Waals surface area contributed by atoms with Gasteiger partial charge in [0.1, 0.15) is 5.69 Å². The van der Waals surface area contributed by atoms with Gasteiger partial charge in [-0.25, -0.2) is 4.98 Å². The van der Waals surface area contributed by atoms with Crippen LogP contribution in [0.5, 0.6) is 0 Å². The van der Waals surface area contributed by atoms with Gasteiger partial charge >= 0.3 is 5.69 Å². The number of fused-ring (bicyclic) bond motifs is 1. The number of nitro benzene ring substituents is 2. The number of anilines is 2. The number of carbonyl (C=O) groups is 3. The molecule has 1 aliphatic rings. The predicted octanol–water partition coefficient (Wildman–Crippen LogP) is 3.69. The first kappa shape index (κ1) is 24.3. The molecule has 1 atom stereocenters. The van der Waals surface area contributed by atoms with E-state index in [1.54, 1.807) is 54.6 Å². The van der Waals surface area contributed by atoms with Gasteiger partial charge in [0.25, 0.3) is 17.5 Å². The first-order chi connectivity index (χ1) is 18.2. The number of non-ortho nitro benzene ring substituents is 1. The van der Waals surface area contributed by atoms with Crippen LogP contribution in [0.15, 0.2) is 77.9 Å². The van der Waals surface area contributed by atoms with Crippen molar-refractivity contribution >= 4 is 67.1 Å². The molecule has 1 aromatic heterocycles. The number of nitrogens with zero attached hydrogens (tertiary/aromatic N) is 5. The number of hydrogen-bond donors (Lipinski definition) is 1. The number of aromatic nitrogens is 1. The molecular weight excluding hydrogens is 516 g/mol. The van der Waals surface area contributed by atoms with Crippen LogP contribution in [0.3, 0.4) is 0 Å². The standard InChI is InChI=1S/C24H14N6O7S/c31-21(22(32)26-24-25-15-8-4-5-9-18(15)38-24)19-20(13-6-2-1-3-7-13)27-28(23(19)33)16-11-10-14(29(34)35)12-17(16)30(36)37/h1-12,19H,(H,25,26,32).